The smallest absolute Gasteiger partial charge is 0.337 e. The van der Waals surface area contributed by atoms with Crippen molar-refractivity contribution in [3.63, 3.8) is 0 Å². The first-order valence-electron chi connectivity index (χ1n) is 8.94. The predicted molar refractivity (Wildman–Crippen MR) is 102 cm³/mol. The molecule has 0 bridgehead atoms. The molecule has 0 aliphatic carbocycles. The second kappa shape index (κ2) is 6.96. The number of methoxy groups -OCH3 is 1. The van der Waals surface area contributed by atoms with E-state index >= 15 is 0 Å². The van der Waals surface area contributed by atoms with Crippen LogP contribution in [0, 0.1) is 4.91 Å². The molecule has 6 nitrogen and oxygen atoms in total. The van der Waals surface area contributed by atoms with Gasteiger partial charge in [-0.2, -0.15) is 0 Å². The van der Waals surface area contributed by atoms with E-state index in [4.69, 9.17) is 9.47 Å². The topological polar surface area (TPSA) is 77.0 Å². The van der Waals surface area contributed by atoms with Gasteiger partial charge >= 0.3 is 5.97 Å². The molecule has 2 aliphatic heterocycles. The number of hydrogen-bond acceptors (Lipinski definition) is 6. The second-order valence-electron chi connectivity index (χ2n) is 6.79. The fourth-order valence-electron chi connectivity index (χ4n) is 3.76. The molecular formula is C21H20N2O4. The maximum absolute atomic E-state index is 11.7. The highest BCUT2D eigenvalue weighted by molar-refractivity contribution is 5.93. The van der Waals surface area contributed by atoms with Crippen molar-refractivity contribution >= 4 is 17.2 Å². The summed E-state index contributed by atoms with van der Waals surface area (Å²) in [5, 5.41) is 6.55. The summed E-state index contributed by atoms with van der Waals surface area (Å²) < 4.78 is 11.1. The van der Waals surface area contributed by atoms with Gasteiger partial charge in [-0.05, 0) is 59.7 Å². The van der Waals surface area contributed by atoms with Crippen molar-refractivity contribution in [1.82, 2.24) is 5.32 Å². The molecule has 0 saturated carbocycles. The number of carbonyl (C=O) groups is 1. The molecule has 4 rings (SSSR count). The monoisotopic (exact) mass is 364 g/mol. The number of nitrogens with zero attached hydrogens (tertiary/aromatic N) is 1. The van der Waals surface area contributed by atoms with Crippen LogP contribution in [0.3, 0.4) is 0 Å². The standard InChI is InChI=1S/C21H20N2O4/c1-26-20(24)15-7-5-14(6-8-15)16-13-21(9-11-22-12-10-21)27-18-4-2-3-17(23-25)19(16)18/h2-8,13,22H,9-12H2,1H3. The van der Waals surface area contributed by atoms with Crippen LogP contribution in [0.25, 0.3) is 5.57 Å². The molecule has 1 spiro atoms. The summed E-state index contributed by atoms with van der Waals surface area (Å²) >= 11 is 0. The Morgan fingerprint density at radius 1 is 1.15 bits per heavy atom. The minimum Gasteiger partial charge on any atom is -0.482 e. The first kappa shape index (κ1) is 17.4. The van der Waals surface area contributed by atoms with E-state index in [-0.39, 0.29) is 5.97 Å². The third kappa shape index (κ3) is 3.13. The lowest BCUT2D eigenvalue weighted by Gasteiger charge is -2.40. The lowest BCUT2D eigenvalue weighted by atomic mass is 9.83. The van der Waals surface area contributed by atoms with Gasteiger partial charge in [-0.3, -0.25) is 0 Å². The molecule has 0 amide bonds. The first-order chi connectivity index (χ1) is 13.2. The van der Waals surface area contributed by atoms with Crippen LogP contribution in [-0.4, -0.2) is 31.8 Å². The Labute approximate surface area is 157 Å². The number of ether oxygens (including phenoxy) is 2. The van der Waals surface area contributed by atoms with E-state index in [2.05, 4.69) is 16.6 Å². The third-order valence-electron chi connectivity index (χ3n) is 5.16. The molecule has 2 heterocycles. The molecule has 2 aromatic carbocycles. The average Bonchev–Trinajstić information content (AvgIpc) is 2.72. The summed E-state index contributed by atoms with van der Waals surface area (Å²) in [4.78, 5) is 23.1. The summed E-state index contributed by atoms with van der Waals surface area (Å²) in [6.45, 7) is 1.73. The lowest BCUT2D eigenvalue weighted by molar-refractivity contribution is 0.0600. The van der Waals surface area contributed by atoms with Crippen molar-refractivity contribution in [2.75, 3.05) is 20.2 Å². The Bertz CT molecular complexity index is 912. The van der Waals surface area contributed by atoms with E-state index in [1.807, 2.05) is 18.2 Å². The minimum atomic E-state index is -0.407. The van der Waals surface area contributed by atoms with E-state index in [0.717, 1.165) is 37.1 Å². The molecule has 138 valence electrons. The number of fused-ring (bicyclic) bond motifs is 1. The number of hydrogen-bond donors (Lipinski definition) is 1. The fraction of sp³-hybridized carbons (Fsp3) is 0.286. The molecule has 1 N–H and O–H groups in total. The molecular weight excluding hydrogens is 344 g/mol. The van der Waals surface area contributed by atoms with Crippen LogP contribution in [0.1, 0.15) is 34.3 Å². The number of esters is 1. The molecule has 0 atom stereocenters. The van der Waals surface area contributed by atoms with Crippen LogP contribution in [-0.2, 0) is 4.74 Å². The van der Waals surface area contributed by atoms with Gasteiger partial charge < -0.3 is 14.8 Å². The van der Waals surface area contributed by atoms with Crippen molar-refractivity contribution in [2.24, 2.45) is 5.18 Å². The Balaban J connectivity index is 1.85. The lowest BCUT2D eigenvalue weighted by Crippen LogP contribution is -2.46. The van der Waals surface area contributed by atoms with Crippen LogP contribution in [0.4, 0.5) is 5.69 Å². The van der Waals surface area contributed by atoms with Crippen molar-refractivity contribution in [3.8, 4) is 5.75 Å². The minimum absolute atomic E-state index is 0.347. The van der Waals surface area contributed by atoms with E-state index in [0.29, 0.717) is 22.6 Å². The zero-order chi connectivity index (χ0) is 18.9. The van der Waals surface area contributed by atoms with Crippen molar-refractivity contribution < 1.29 is 14.3 Å². The maximum atomic E-state index is 11.7. The largest absolute Gasteiger partial charge is 0.482 e. The van der Waals surface area contributed by atoms with Crippen LogP contribution in [0.5, 0.6) is 5.75 Å². The number of rotatable bonds is 3. The van der Waals surface area contributed by atoms with E-state index in [1.165, 1.54) is 7.11 Å². The molecule has 1 saturated heterocycles. The van der Waals surface area contributed by atoms with Crippen LogP contribution in [0.15, 0.2) is 53.7 Å². The fourth-order valence-corrected chi connectivity index (χ4v) is 3.76. The highest BCUT2D eigenvalue weighted by atomic mass is 16.5. The van der Waals surface area contributed by atoms with Gasteiger partial charge in [0.05, 0.1) is 18.2 Å². The van der Waals surface area contributed by atoms with Crippen LogP contribution >= 0.6 is 0 Å². The summed E-state index contributed by atoms with van der Waals surface area (Å²) in [5.41, 5.74) is 2.93. The van der Waals surface area contributed by atoms with Gasteiger partial charge in [0.15, 0.2) is 0 Å². The number of nitroso groups, excluding NO2 is 1. The highest BCUT2D eigenvalue weighted by Gasteiger charge is 2.38. The number of carbonyl (C=O) groups excluding carboxylic acids is 1. The zero-order valence-corrected chi connectivity index (χ0v) is 15.0. The van der Waals surface area contributed by atoms with Gasteiger partial charge in [-0.1, -0.05) is 18.2 Å². The van der Waals surface area contributed by atoms with Gasteiger partial charge in [0.1, 0.15) is 17.0 Å². The molecule has 1 fully saturated rings. The Hall–Kier alpha value is -2.99. The van der Waals surface area contributed by atoms with Crippen molar-refractivity contribution in [2.45, 2.75) is 18.4 Å². The van der Waals surface area contributed by atoms with Gasteiger partial charge in [0.25, 0.3) is 0 Å². The molecule has 2 aliphatic rings. The molecule has 0 unspecified atom stereocenters. The quantitative estimate of drug-likeness (QED) is 0.662. The summed E-state index contributed by atoms with van der Waals surface area (Å²) in [6.07, 6.45) is 3.79. The summed E-state index contributed by atoms with van der Waals surface area (Å²) in [5.74, 6) is 0.288. The SMILES string of the molecule is COC(=O)c1ccc(C2=CC3(CCNCC3)Oc3cccc(N=O)c32)cc1. The second-order valence-corrected chi connectivity index (χ2v) is 6.79. The Morgan fingerprint density at radius 3 is 2.56 bits per heavy atom. The van der Waals surface area contributed by atoms with Crippen LogP contribution < -0.4 is 10.1 Å². The maximum Gasteiger partial charge on any atom is 0.337 e. The zero-order valence-electron chi connectivity index (χ0n) is 15.0. The van der Waals surface area contributed by atoms with Gasteiger partial charge in [-0.15, -0.1) is 4.91 Å². The van der Waals surface area contributed by atoms with Crippen LogP contribution in [0.2, 0.25) is 0 Å². The highest BCUT2D eigenvalue weighted by Crippen LogP contribution is 2.46. The number of nitrogens with one attached hydrogen (secondary N) is 1. The molecule has 27 heavy (non-hydrogen) atoms. The van der Waals surface area contributed by atoms with Gasteiger partial charge in [-0.25, -0.2) is 4.79 Å². The molecule has 0 aromatic heterocycles. The van der Waals surface area contributed by atoms with E-state index in [9.17, 15) is 9.70 Å². The summed E-state index contributed by atoms with van der Waals surface area (Å²) in [6, 6.07) is 12.5. The normalized spacial score (nSPS) is 17.4. The first-order valence-corrected chi connectivity index (χ1v) is 8.94. The molecule has 2 aromatic rings. The average molecular weight is 364 g/mol. The van der Waals surface area contributed by atoms with E-state index in [1.54, 1.807) is 24.3 Å². The molecule has 0 radical (unpaired) electrons. The van der Waals surface area contributed by atoms with Crippen molar-refractivity contribution in [3.05, 3.63) is 70.1 Å². The van der Waals surface area contributed by atoms with Gasteiger partial charge in [0.2, 0.25) is 0 Å². The Morgan fingerprint density at radius 2 is 1.89 bits per heavy atom. The number of piperidine rings is 1. The van der Waals surface area contributed by atoms with Gasteiger partial charge in [0, 0.05) is 12.8 Å². The van der Waals surface area contributed by atoms with E-state index < -0.39 is 5.60 Å². The molecule has 6 heteroatoms. The summed E-state index contributed by atoms with van der Waals surface area (Å²) in [7, 11) is 1.36. The van der Waals surface area contributed by atoms with Crippen molar-refractivity contribution in [1.29, 1.82) is 0 Å². The Kier molecular flexibility index (Phi) is 4.49. The predicted octanol–water partition coefficient (Wildman–Crippen LogP) is 3.82. The third-order valence-corrected chi connectivity index (χ3v) is 5.16. The number of benzene rings is 2.